The minimum Gasteiger partial charge on any atom is -0.480 e. The molecular formula is C12H11N3O4. The Balaban J connectivity index is 2.60. The van der Waals surface area contributed by atoms with Crippen LogP contribution in [0.5, 0.6) is 0 Å². The third kappa shape index (κ3) is 2.44. The molecule has 98 valence electrons. The average Bonchev–Trinajstić information content (AvgIpc) is 2.35. The predicted molar refractivity (Wildman–Crippen MR) is 69.3 cm³/mol. The normalized spacial score (nSPS) is 10.4. The van der Waals surface area contributed by atoms with E-state index in [0.717, 1.165) is 0 Å². The van der Waals surface area contributed by atoms with Crippen molar-refractivity contribution in [1.29, 1.82) is 0 Å². The maximum Gasteiger partial charge on any atom is 0.322 e. The molecule has 7 nitrogen and oxygen atoms in total. The van der Waals surface area contributed by atoms with E-state index in [9.17, 15) is 14.9 Å². The van der Waals surface area contributed by atoms with Crippen molar-refractivity contribution in [1.82, 2.24) is 4.98 Å². The van der Waals surface area contributed by atoms with Gasteiger partial charge < -0.3 is 10.4 Å². The van der Waals surface area contributed by atoms with Crippen LogP contribution in [0.1, 0.15) is 5.56 Å². The number of nitro benzene ring substituents is 1. The second kappa shape index (κ2) is 4.89. The number of benzene rings is 1. The van der Waals surface area contributed by atoms with Gasteiger partial charge in [-0.1, -0.05) is 6.07 Å². The average molecular weight is 261 g/mol. The highest BCUT2D eigenvalue weighted by molar-refractivity contribution is 5.99. The molecular weight excluding hydrogens is 250 g/mol. The van der Waals surface area contributed by atoms with Crippen LogP contribution in [0.15, 0.2) is 24.4 Å². The number of aryl methyl sites for hydroxylation is 1. The van der Waals surface area contributed by atoms with E-state index in [1.165, 1.54) is 6.20 Å². The lowest BCUT2D eigenvalue weighted by Gasteiger charge is -2.08. The largest absolute Gasteiger partial charge is 0.480 e. The molecule has 1 aromatic carbocycles. The van der Waals surface area contributed by atoms with Crippen molar-refractivity contribution in [2.45, 2.75) is 6.92 Å². The summed E-state index contributed by atoms with van der Waals surface area (Å²) in [5, 5.41) is 23.3. The topological polar surface area (TPSA) is 105 Å². The number of aliphatic carboxylic acids is 1. The second-order valence-electron chi connectivity index (χ2n) is 3.99. The fourth-order valence-electron chi connectivity index (χ4n) is 1.89. The van der Waals surface area contributed by atoms with E-state index >= 15 is 0 Å². The third-order valence-electron chi connectivity index (χ3n) is 2.71. The maximum absolute atomic E-state index is 11.1. The quantitative estimate of drug-likeness (QED) is 0.643. The maximum atomic E-state index is 11.1. The lowest BCUT2D eigenvalue weighted by Crippen LogP contribution is -2.13. The Morgan fingerprint density at radius 1 is 1.42 bits per heavy atom. The summed E-state index contributed by atoms with van der Waals surface area (Å²) in [6.07, 6.45) is 1.42. The van der Waals surface area contributed by atoms with Crippen molar-refractivity contribution < 1.29 is 14.8 Å². The Hall–Kier alpha value is -2.70. The van der Waals surface area contributed by atoms with Gasteiger partial charge >= 0.3 is 5.97 Å². The van der Waals surface area contributed by atoms with Gasteiger partial charge in [-0.05, 0) is 19.1 Å². The van der Waals surface area contributed by atoms with Crippen molar-refractivity contribution in [2.24, 2.45) is 0 Å². The Labute approximate surface area is 108 Å². The van der Waals surface area contributed by atoms with Crippen molar-refractivity contribution in [3.05, 3.63) is 40.1 Å². The van der Waals surface area contributed by atoms with Gasteiger partial charge in [0.15, 0.2) is 0 Å². The van der Waals surface area contributed by atoms with Crippen LogP contribution >= 0.6 is 0 Å². The third-order valence-corrected chi connectivity index (χ3v) is 2.71. The number of carboxylic acids is 1. The Morgan fingerprint density at radius 2 is 2.16 bits per heavy atom. The lowest BCUT2D eigenvalue weighted by atomic mass is 10.1. The number of aromatic nitrogens is 1. The first-order valence-corrected chi connectivity index (χ1v) is 5.49. The molecule has 0 saturated carbocycles. The fourth-order valence-corrected chi connectivity index (χ4v) is 1.89. The lowest BCUT2D eigenvalue weighted by molar-refractivity contribution is -0.383. The molecule has 7 heteroatoms. The van der Waals surface area contributed by atoms with E-state index in [2.05, 4.69) is 10.3 Å². The minimum absolute atomic E-state index is 0.0123. The van der Waals surface area contributed by atoms with Crippen LogP contribution in [-0.4, -0.2) is 27.5 Å². The van der Waals surface area contributed by atoms with Crippen molar-refractivity contribution in [2.75, 3.05) is 11.9 Å². The Bertz CT molecular complexity index is 669. The van der Waals surface area contributed by atoms with Gasteiger partial charge in [-0.25, -0.2) is 4.98 Å². The van der Waals surface area contributed by atoms with Crippen LogP contribution in [0.4, 0.5) is 11.5 Å². The van der Waals surface area contributed by atoms with Gasteiger partial charge in [-0.3, -0.25) is 14.9 Å². The smallest absolute Gasteiger partial charge is 0.322 e. The summed E-state index contributed by atoms with van der Waals surface area (Å²) < 4.78 is 0. The first-order valence-electron chi connectivity index (χ1n) is 5.49. The molecule has 0 atom stereocenters. The molecule has 2 N–H and O–H groups in total. The molecule has 0 aliphatic rings. The molecule has 1 aromatic heterocycles. The summed E-state index contributed by atoms with van der Waals surface area (Å²) in [7, 11) is 0. The van der Waals surface area contributed by atoms with Crippen LogP contribution in [0.3, 0.4) is 0 Å². The number of carboxylic acid groups (broad SMARTS) is 1. The summed E-state index contributed by atoms with van der Waals surface area (Å²) >= 11 is 0. The van der Waals surface area contributed by atoms with Gasteiger partial charge in [-0.15, -0.1) is 0 Å². The molecule has 0 aliphatic heterocycles. The molecule has 0 unspecified atom stereocenters. The molecule has 2 aromatic rings. The molecule has 0 spiro atoms. The molecule has 0 aliphatic carbocycles. The van der Waals surface area contributed by atoms with Crippen molar-refractivity contribution in [3.8, 4) is 0 Å². The molecule has 0 fully saturated rings. The fraction of sp³-hybridized carbons (Fsp3) is 0.167. The van der Waals surface area contributed by atoms with E-state index in [1.807, 2.05) is 0 Å². The second-order valence-corrected chi connectivity index (χ2v) is 3.99. The molecule has 0 radical (unpaired) electrons. The van der Waals surface area contributed by atoms with Gasteiger partial charge in [0, 0.05) is 17.1 Å². The first kappa shape index (κ1) is 12.7. The number of nitro groups is 1. The molecule has 0 bridgehead atoms. The van der Waals surface area contributed by atoms with E-state index < -0.39 is 10.9 Å². The Kier molecular flexibility index (Phi) is 3.28. The number of hydrogen-bond donors (Lipinski definition) is 2. The van der Waals surface area contributed by atoms with E-state index in [0.29, 0.717) is 22.2 Å². The summed E-state index contributed by atoms with van der Waals surface area (Å²) in [4.78, 5) is 25.2. The summed E-state index contributed by atoms with van der Waals surface area (Å²) in [5.74, 6) is -0.705. The highest BCUT2D eigenvalue weighted by Crippen LogP contribution is 2.31. The number of rotatable bonds is 4. The minimum atomic E-state index is -1.03. The predicted octanol–water partition coefficient (Wildman–Crippen LogP) is 1.95. The zero-order valence-electron chi connectivity index (χ0n) is 10.1. The van der Waals surface area contributed by atoms with Gasteiger partial charge in [0.25, 0.3) is 5.69 Å². The monoisotopic (exact) mass is 261 g/mol. The van der Waals surface area contributed by atoms with Crippen molar-refractivity contribution in [3.63, 3.8) is 0 Å². The molecule has 2 rings (SSSR count). The first-order chi connectivity index (χ1) is 9.00. The SMILES string of the molecule is Cc1ccc2c(NCC(=O)O)nccc2c1[N+](=O)[O-]. The zero-order chi connectivity index (χ0) is 14.0. The number of nitrogens with one attached hydrogen (secondary N) is 1. The number of nitrogens with zero attached hydrogens (tertiary/aromatic N) is 2. The van der Waals surface area contributed by atoms with Crippen LogP contribution < -0.4 is 5.32 Å². The standard InChI is InChI=1S/C12H11N3O4/c1-7-2-3-9-8(11(7)15(18)19)4-5-13-12(9)14-6-10(16)17/h2-5H,6H2,1H3,(H,13,14)(H,16,17). The number of hydrogen-bond acceptors (Lipinski definition) is 5. The highest BCUT2D eigenvalue weighted by atomic mass is 16.6. The molecule has 19 heavy (non-hydrogen) atoms. The van der Waals surface area contributed by atoms with Crippen molar-refractivity contribution >= 4 is 28.2 Å². The van der Waals surface area contributed by atoms with Crippen LogP contribution in [0.25, 0.3) is 10.8 Å². The van der Waals surface area contributed by atoms with E-state index in [1.54, 1.807) is 25.1 Å². The van der Waals surface area contributed by atoms with E-state index in [4.69, 9.17) is 5.11 Å². The van der Waals surface area contributed by atoms with Crippen LogP contribution in [0.2, 0.25) is 0 Å². The summed E-state index contributed by atoms with van der Waals surface area (Å²) in [6.45, 7) is 1.36. The number of anilines is 1. The van der Waals surface area contributed by atoms with Crippen LogP contribution in [0, 0.1) is 17.0 Å². The number of carbonyl (C=O) groups is 1. The van der Waals surface area contributed by atoms with Gasteiger partial charge in [0.1, 0.15) is 12.4 Å². The molecule has 0 saturated heterocycles. The Morgan fingerprint density at radius 3 is 2.79 bits per heavy atom. The number of pyridine rings is 1. The van der Waals surface area contributed by atoms with Gasteiger partial charge in [0.2, 0.25) is 0 Å². The van der Waals surface area contributed by atoms with Gasteiger partial charge in [0.05, 0.1) is 10.3 Å². The molecule has 1 heterocycles. The zero-order valence-corrected chi connectivity index (χ0v) is 10.1. The van der Waals surface area contributed by atoms with Crippen LogP contribution in [-0.2, 0) is 4.79 Å². The van der Waals surface area contributed by atoms with Gasteiger partial charge in [-0.2, -0.15) is 0 Å². The van der Waals surface area contributed by atoms with E-state index in [-0.39, 0.29) is 12.2 Å². The summed E-state index contributed by atoms with van der Waals surface area (Å²) in [5.41, 5.74) is 0.561. The number of fused-ring (bicyclic) bond motifs is 1. The highest BCUT2D eigenvalue weighted by Gasteiger charge is 2.17. The summed E-state index contributed by atoms with van der Waals surface area (Å²) in [6, 6.07) is 4.86. The molecule has 0 amide bonds.